The van der Waals surface area contributed by atoms with Gasteiger partial charge in [0.25, 0.3) is 0 Å². The Bertz CT molecular complexity index is 494. The van der Waals surface area contributed by atoms with Crippen LogP contribution in [0.5, 0.6) is 0 Å². The first-order chi connectivity index (χ1) is 8.71. The van der Waals surface area contributed by atoms with Crippen molar-refractivity contribution in [3.8, 4) is 0 Å². The van der Waals surface area contributed by atoms with E-state index in [0.717, 1.165) is 29.3 Å². The van der Waals surface area contributed by atoms with Crippen molar-refractivity contribution in [2.45, 2.75) is 53.9 Å². The van der Waals surface area contributed by atoms with Crippen molar-refractivity contribution in [2.24, 2.45) is 17.3 Å². The zero-order chi connectivity index (χ0) is 14.4. The Balaban J connectivity index is 2.38. The van der Waals surface area contributed by atoms with Gasteiger partial charge in [-0.2, -0.15) is 0 Å². The van der Waals surface area contributed by atoms with E-state index in [0.29, 0.717) is 5.92 Å². The fourth-order valence-corrected chi connectivity index (χ4v) is 4.03. The van der Waals surface area contributed by atoms with Crippen molar-refractivity contribution >= 4 is 22.1 Å². The summed E-state index contributed by atoms with van der Waals surface area (Å²) >= 11 is 1.64. The lowest BCUT2D eigenvalue weighted by Crippen LogP contribution is -2.24. The molecular weight excluding hydrogens is 254 g/mol. The van der Waals surface area contributed by atoms with Crippen LogP contribution in [-0.2, 0) is 12.8 Å². The van der Waals surface area contributed by atoms with Gasteiger partial charge in [-0.15, -0.1) is 11.3 Å². The fourth-order valence-electron chi connectivity index (χ4n) is 2.83. The number of rotatable bonds is 2. The van der Waals surface area contributed by atoms with E-state index in [4.69, 9.17) is 5.73 Å². The van der Waals surface area contributed by atoms with Crippen LogP contribution >= 0.6 is 11.3 Å². The normalized spacial score (nSPS) is 19.6. The van der Waals surface area contributed by atoms with Crippen molar-refractivity contribution in [3.05, 3.63) is 16.0 Å². The molecule has 0 saturated heterocycles. The van der Waals surface area contributed by atoms with E-state index in [2.05, 4.69) is 13.8 Å². The molecule has 0 radical (unpaired) electrons. The highest BCUT2D eigenvalue weighted by atomic mass is 32.1. The molecule has 0 aliphatic heterocycles. The Morgan fingerprint density at radius 2 is 2.00 bits per heavy atom. The number of ketones is 1. The molecule has 0 amide bonds. The molecule has 0 bridgehead atoms. The van der Waals surface area contributed by atoms with E-state index in [1.807, 2.05) is 20.8 Å². The largest absolute Gasteiger partial charge is 0.390 e. The quantitative estimate of drug-likeness (QED) is 0.819. The molecule has 1 atom stereocenters. The number of Topliss-reactive ketones (excluding diaryl/α,β-unsaturated/α-hetero) is 1. The second-order valence-corrected chi connectivity index (χ2v) is 8.21. The smallest absolute Gasteiger partial charge is 0.171 e. The van der Waals surface area contributed by atoms with Gasteiger partial charge in [0.1, 0.15) is 0 Å². The molecule has 0 aromatic carbocycles. The lowest BCUT2D eigenvalue weighted by molar-refractivity contribution is 0.0858. The summed E-state index contributed by atoms with van der Waals surface area (Å²) in [5, 5.41) is 0.731. The Morgan fingerprint density at radius 1 is 1.37 bits per heavy atom. The molecule has 1 aromatic rings. The summed E-state index contributed by atoms with van der Waals surface area (Å²) in [5.41, 5.74) is 7.87. The van der Waals surface area contributed by atoms with E-state index in [1.54, 1.807) is 11.3 Å². The Labute approximate surface area is 120 Å². The van der Waals surface area contributed by atoms with Gasteiger partial charge < -0.3 is 5.73 Å². The molecule has 1 aliphatic carbocycles. The van der Waals surface area contributed by atoms with E-state index in [9.17, 15) is 4.79 Å². The second kappa shape index (κ2) is 4.93. The van der Waals surface area contributed by atoms with E-state index < -0.39 is 0 Å². The van der Waals surface area contributed by atoms with Gasteiger partial charge in [0.05, 0.1) is 10.6 Å². The summed E-state index contributed by atoms with van der Waals surface area (Å²) in [5.74, 6) is 1.65. The summed E-state index contributed by atoms with van der Waals surface area (Å²) in [6.45, 7) is 10.5. The lowest BCUT2D eigenvalue weighted by atomic mass is 9.78. The predicted molar refractivity (Wildman–Crippen MR) is 82.9 cm³/mol. The van der Waals surface area contributed by atoms with Crippen LogP contribution in [-0.4, -0.2) is 5.78 Å². The van der Waals surface area contributed by atoms with Crippen LogP contribution in [0, 0.1) is 17.3 Å². The number of hydrogen-bond donors (Lipinski definition) is 1. The first-order valence-corrected chi connectivity index (χ1v) is 7.98. The van der Waals surface area contributed by atoms with Crippen LogP contribution in [0.3, 0.4) is 0 Å². The Kier molecular flexibility index (Phi) is 3.78. The molecular formula is C16H25NOS. The van der Waals surface area contributed by atoms with Gasteiger partial charge in [0.15, 0.2) is 5.78 Å². The predicted octanol–water partition coefficient (Wildman–Crippen LogP) is 4.32. The minimum absolute atomic E-state index is 0.200. The third-order valence-electron chi connectivity index (χ3n) is 4.18. The van der Waals surface area contributed by atoms with Crippen LogP contribution in [0.2, 0.25) is 0 Å². The number of carbonyl (C=O) groups excluding carboxylic acids is 1. The summed E-state index contributed by atoms with van der Waals surface area (Å²) in [7, 11) is 0. The molecule has 3 heteroatoms. The number of carbonyl (C=O) groups is 1. The Morgan fingerprint density at radius 3 is 2.53 bits per heavy atom. The standard InChI is InChI=1S/C16H25NOS/c1-9(2)10-6-7-11-12(8-10)19-15(17)13(11)14(18)16(3,4)5/h9-10H,6-8,17H2,1-5H3. The van der Waals surface area contributed by atoms with Gasteiger partial charge in [-0.05, 0) is 36.7 Å². The molecule has 2 N–H and O–H groups in total. The number of fused-ring (bicyclic) bond motifs is 1. The number of anilines is 1. The molecule has 19 heavy (non-hydrogen) atoms. The first-order valence-electron chi connectivity index (χ1n) is 7.16. The van der Waals surface area contributed by atoms with Gasteiger partial charge in [-0.3, -0.25) is 4.79 Å². The molecule has 0 spiro atoms. The van der Waals surface area contributed by atoms with Crippen LogP contribution < -0.4 is 5.73 Å². The summed E-state index contributed by atoms with van der Waals surface area (Å²) < 4.78 is 0. The molecule has 1 unspecified atom stereocenters. The molecule has 2 nitrogen and oxygen atoms in total. The number of nitrogens with two attached hydrogens (primary N) is 1. The van der Waals surface area contributed by atoms with Crippen LogP contribution in [0.15, 0.2) is 0 Å². The van der Waals surface area contributed by atoms with Crippen LogP contribution in [0.25, 0.3) is 0 Å². The third-order valence-corrected chi connectivity index (χ3v) is 5.27. The zero-order valence-corrected chi connectivity index (χ0v) is 13.5. The van der Waals surface area contributed by atoms with Crippen LogP contribution in [0.1, 0.15) is 61.8 Å². The molecule has 1 heterocycles. The first kappa shape index (κ1) is 14.6. The van der Waals surface area contributed by atoms with Gasteiger partial charge in [0, 0.05) is 10.3 Å². The molecule has 1 aromatic heterocycles. The minimum atomic E-state index is -0.349. The van der Waals surface area contributed by atoms with Gasteiger partial charge in [-0.1, -0.05) is 34.6 Å². The van der Waals surface area contributed by atoms with Crippen LogP contribution in [0.4, 0.5) is 5.00 Å². The molecule has 106 valence electrons. The molecule has 1 aliphatic rings. The average Bonchev–Trinajstić information content (AvgIpc) is 2.61. The van der Waals surface area contributed by atoms with Crippen molar-refractivity contribution in [1.82, 2.24) is 0 Å². The maximum Gasteiger partial charge on any atom is 0.171 e. The number of nitrogen functional groups attached to an aromatic ring is 1. The van der Waals surface area contributed by atoms with Crippen molar-refractivity contribution < 1.29 is 4.79 Å². The fraction of sp³-hybridized carbons (Fsp3) is 0.688. The maximum atomic E-state index is 12.6. The minimum Gasteiger partial charge on any atom is -0.390 e. The van der Waals surface area contributed by atoms with Gasteiger partial charge >= 0.3 is 0 Å². The molecule has 2 rings (SSSR count). The van der Waals surface area contributed by atoms with Crippen molar-refractivity contribution in [3.63, 3.8) is 0 Å². The lowest BCUT2D eigenvalue weighted by Gasteiger charge is -2.26. The molecule has 0 saturated carbocycles. The SMILES string of the molecule is CC(C)C1CCc2c(sc(N)c2C(=O)C(C)(C)C)C1. The number of thiophene rings is 1. The van der Waals surface area contributed by atoms with Gasteiger partial charge in [-0.25, -0.2) is 0 Å². The topological polar surface area (TPSA) is 43.1 Å². The highest BCUT2D eigenvalue weighted by molar-refractivity contribution is 7.16. The number of hydrogen-bond acceptors (Lipinski definition) is 3. The summed E-state index contributed by atoms with van der Waals surface area (Å²) in [4.78, 5) is 13.9. The Hall–Kier alpha value is -0.830. The summed E-state index contributed by atoms with van der Waals surface area (Å²) in [6.07, 6.45) is 3.30. The average molecular weight is 279 g/mol. The van der Waals surface area contributed by atoms with Crippen molar-refractivity contribution in [2.75, 3.05) is 5.73 Å². The van der Waals surface area contributed by atoms with E-state index >= 15 is 0 Å². The second-order valence-electron chi connectivity index (χ2n) is 7.07. The highest BCUT2D eigenvalue weighted by Gasteiger charge is 2.33. The third kappa shape index (κ3) is 2.71. The maximum absolute atomic E-state index is 12.6. The van der Waals surface area contributed by atoms with Crippen molar-refractivity contribution in [1.29, 1.82) is 0 Å². The van der Waals surface area contributed by atoms with E-state index in [1.165, 1.54) is 16.9 Å². The zero-order valence-electron chi connectivity index (χ0n) is 12.7. The van der Waals surface area contributed by atoms with E-state index in [-0.39, 0.29) is 11.2 Å². The molecule has 0 fully saturated rings. The van der Waals surface area contributed by atoms with Gasteiger partial charge in [0.2, 0.25) is 0 Å². The summed E-state index contributed by atoms with van der Waals surface area (Å²) in [6, 6.07) is 0. The monoisotopic (exact) mass is 279 g/mol. The highest BCUT2D eigenvalue weighted by Crippen LogP contribution is 2.42.